The largest absolute Gasteiger partial charge is 0.472 e. The Morgan fingerprint density at radius 3 is 1.74 bits per heavy atom. The Morgan fingerprint density at radius 2 is 1.21 bits per heavy atom. The minimum atomic E-state index is -4.36. The van der Waals surface area contributed by atoms with E-state index in [9.17, 15) is 19.0 Å². The van der Waals surface area contributed by atoms with E-state index in [4.69, 9.17) is 24.3 Å². The molecule has 0 aromatic rings. The van der Waals surface area contributed by atoms with Gasteiger partial charge in [0.15, 0.2) is 6.10 Å². The van der Waals surface area contributed by atoms with Crippen molar-refractivity contribution in [3.8, 4) is 0 Å². The van der Waals surface area contributed by atoms with Crippen molar-refractivity contribution >= 4 is 19.8 Å². The van der Waals surface area contributed by atoms with Gasteiger partial charge in [0.2, 0.25) is 0 Å². The highest BCUT2D eigenvalue weighted by Crippen LogP contribution is 2.43. The third-order valence-corrected chi connectivity index (χ3v) is 8.15. The smallest absolute Gasteiger partial charge is 0.462 e. The molecule has 0 aromatic carbocycles. The maximum Gasteiger partial charge on any atom is 0.472 e. The molecule has 3 N–H and O–H groups in total. The molecule has 0 amide bonds. The van der Waals surface area contributed by atoms with E-state index in [2.05, 4.69) is 26.0 Å². The molecule has 1 unspecified atom stereocenters. The molecule has 0 heterocycles. The predicted octanol–water partition coefficient (Wildman–Crippen LogP) is 8.71. The number of carbonyl (C=O) groups excluding carboxylic acids is 2. The molecule has 0 aliphatic carbocycles. The number of carbonyl (C=O) groups is 2. The Morgan fingerprint density at radius 1 is 0.698 bits per heavy atom. The number of esters is 2. The first kappa shape index (κ1) is 41.8. The molecule has 0 saturated heterocycles. The van der Waals surface area contributed by atoms with Crippen molar-refractivity contribution in [2.24, 2.45) is 5.73 Å². The predicted molar refractivity (Wildman–Crippen MR) is 174 cm³/mol. The first-order valence-corrected chi connectivity index (χ1v) is 18.7. The lowest BCUT2D eigenvalue weighted by molar-refractivity contribution is -0.161. The summed E-state index contributed by atoms with van der Waals surface area (Å²) in [7, 11) is -4.36. The molecule has 0 aliphatic rings. The summed E-state index contributed by atoms with van der Waals surface area (Å²) in [4.78, 5) is 34.5. The van der Waals surface area contributed by atoms with Crippen LogP contribution in [0.2, 0.25) is 0 Å². The van der Waals surface area contributed by atoms with Crippen LogP contribution < -0.4 is 5.73 Å². The number of phosphoric ester groups is 1. The van der Waals surface area contributed by atoms with Crippen LogP contribution in [0, 0.1) is 0 Å². The molecule has 0 aliphatic heterocycles. The van der Waals surface area contributed by atoms with Gasteiger partial charge in [0.25, 0.3) is 0 Å². The zero-order chi connectivity index (χ0) is 31.9. The summed E-state index contributed by atoms with van der Waals surface area (Å²) in [5.74, 6) is -0.841. The molecule has 0 bridgehead atoms. The summed E-state index contributed by atoms with van der Waals surface area (Å²) >= 11 is 0. The first-order chi connectivity index (χ1) is 20.8. The van der Waals surface area contributed by atoms with Gasteiger partial charge in [-0.05, 0) is 32.1 Å². The quantitative estimate of drug-likeness (QED) is 0.0323. The highest BCUT2D eigenvalue weighted by Gasteiger charge is 2.25. The number of nitrogens with two attached hydrogens (primary N) is 1. The zero-order valence-corrected chi connectivity index (χ0v) is 28.3. The molecular formula is C33H64NO8P. The van der Waals surface area contributed by atoms with Gasteiger partial charge in [-0.1, -0.05) is 122 Å². The van der Waals surface area contributed by atoms with Crippen molar-refractivity contribution in [3.05, 3.63) is 12.2 Å². The van der Waals surface area contributed by atoms with E-state index in [0.29, 0.717) is 6.42 Å². The van der Waals surface area contributed by atoms with Crippen LogP contribution in [0.25, 0.3) is 0 Å². The van der Waals surface area contributed by atoms with Crippen molar-refractivity contribution in [2.45, 2.75) is 161 Å². The standard InChI is InChI=1S/C33H64NO8P/c1-3-5-7-9-11-13-14-15-16-18-20-22-24-26-33(36)42-31(30-41-43(37,38)40-28-27-34)29-39-32(35)25-23-21-19-17-12-10-8-6-4-2/h6,8,31H,3-5,7,9-30,34H2,1-2H3,(H,37,38)/b8-6+/t31-/m1/s1. The number of ether oxygens (including phenoxy) is 2. The molecule has 10 heteroatoms. The Hall–Kier alpha value is -1.25. The minimum absolute atomic E-state index is 0.0545. The summed E-state index contributed by atoms with van der Waals surface area (Å²) in [5.41, 5.74) is 5.31. The van der Waals surface area contributed by atoms with Gasteiger partial charge in [-0.25, -0.2) is 4.57 Å². The van der Waals surface area contributed by atoms with Crippen LogP contribution in [-0.4, -0.2) is 49.3 Å². The van der Waals surface area contributed by atoms with Crippen molar-refractivity contribution < 1.29 is 37.6 Å². The van der Waals surface area contributed by atoms with Gasteiger partial charge in [0, 0.05) is 19.4 Å². The fraction of sp³-hybridized carbons (Fsp3) is 0.879. The Labute approximate surface area is 262 Å². The van der Waals surface area contributed by atoms with E-state index in [1.165, 1.54) is 64.2 Å². The monoisotopic (exact) mass is 633 g/mol. The van der Waals surface area contributed by atoms with Crippen LogP contribution in [-0.2, 0) is 32.7 Å². The lowest BCUT2D eigenvalue weighted by atomic mass is 10.0. The van der Waals surface area contributed by atoms with Gasteiger partial charge in [-0.2, -0.15) is 0 Å². The van der Waals surface area contributed by atoms with Crippen molar-refractivity contribution in [1.29, 1.82) is 0 Å². The Balaban J connectivity index is 4.26. The number of hydrogen-bond donors (Lipinski definition) is 2. The lowest BCUT2D eigenvalue weighted by Gasteiger charge is -2.19. The number of rotatable bonds is 32. The number of hydrogen-bond acceptors (Lipinski definition) is 8. The highest BCUT2D eigenvalue weighted by atomic mass is 31.2. The van der Waals surface area contributed by atoms with Crippen molar-refractivity contribution in [1.82, 2.24) is 0 Å². The summed E-state index contributed by atoms with van der Waals surface area (Å²) in [6.45, 7) is 3.60. The molecule has 0 rings (SSSR count). The molecule has 9 nitrogen and oxygen atoms in total. The molecule has 0 radical (unpaired) electrons. The van der Waals surface area contributed by atoms with Crippen LogP contribution in [0.5, 0.6) is 0 Å². The van der Waals surface area contributed by atoms with Crippen LogP contribution >= 0.6 is 7.82 Å². The Bertz CT molecular complexity index is 734. The van der Waals surface area contributed by atoms with E-state index < -0.39 is 32.5 Å². The summed E-state index contributed by atoms with van der Waals surface area (Å²) < 4.78 is 32.5. The first-order valence-electron chi connectivity index (χ1n) is 17.2. The Kier molecular flexibility index (Phi) is 29.9. The fourth-order valence-corrected chi connectivity index (χ4v) is 5.40. The van der Waals surface area contributed by atoms with Crippen LogP contribution in [0.4, 0.5) is 0 Å². The average molecular weight is 634 g/mol. The summed E-state index contributed by atoms with van der Waals surface area (Å²) in [6.07, 6.45) is 26.8. The normalized spacial score (nSPS) is 13.7. The fourth-order valence-electron chi connectivity index (χ4n) is 4.64. The number of phosphoric acid groups is 1. The molecule has 2 atom stereocenters. The van der Waals surface area contributed by atoms with E-state index in [0.717, 1.165) is 57.8 Å². The maximum absolute atomic E-state index is 12.4. The second-order valence-corrected chi connectivity index (χ2v) is 12.8. The topological polar surface area (TPSA) is 134 Å². The zero-order valence-electron chi connectivity index (χ0n) is 27.4. The minimum Gasteiger partial charge on any atom is -0.462 e. The molecule has 0 aromatic heterocycles. The van der Waals surface area contributed by atoms with Crippen LogP contribution in [0.1, 0.15) is 155 Å². The summed E-state index contributed by atoms with van der Waals surface area (Å²) in [6, 6.07) is 0. The second kappa shape index (κ2) is 30.8. The van der Waals surface area contributed by atoms with Gasteiger partial charge < -0.3 is 20.1 Å². The van der Waals surface area contributed by atoms with E-state index >= 15 is 0 Å². The molecule has 0 saturated carbocycles. The molecule has 254 valence electrons. The third kappa shape index (κ3) is 30.6. The van der Waals surface area contributed by atoms with Gasteiger partial charge in [-0.3, -0.25) is 18.6 Å². The van der Waals surface area contributed by atoms with Gasteiger partial charge in [0.1, 0.15) is 6.61 Å². The number of unbranched alkanes of at least 4 members (excludes halogenated alkanes) is 17. The van der Waals surface area contributed by atoms with Gasteiger partial charge in [-0.15, -0.1) is 0 Å². The third-order valence-electron chi connectivity index (χ3n) is 7.16. The second-order valence-electron chi connectivity index (χ2n) is 11.4. The van der Waals surface area contributed by atoms with E-state index in [-0.39, 0.29) is 32.6 Å². The van der Waals surface area contributed by atoms with Crippen molar-refractivity contribution in [2.75, 3.05) is 26.4 Å². The van der Waals surface area contributed by atoms with Crippen molar-refractivity contribution in [3.63, 3.8) is 0 Å². The summed E-state index contributed by atoms with van der Waals surface area (Å²) in [5, 5.41) is 0. The number of allylic oxidation sites excluding steroid dienone is 2. The highest BCUT2D eigenvalue weighted by molar-refractivity contribution is 7.47. The lowest BCUT2D eigenvalue weighted by Crippen LogP contribution is -2.29. The molecule has 43 heavy (non-hydrogen) atoms. The van der Waals surface area contributed by atoms with Crippen LogP contribution in [0.15, 0.2) is 12.2 Å². The van der Waals surface area contributed by atoms with E-state index in [1.807, 2.05) is 0 Å². The van der Waals surface area contributed by atoms with Gasteiger partial charge in [0.05, 0.1) is 13.2 Å². The maximum atomic E-state index is 12.4. The molecular weight excluding hydrogens is 569 g/mol. The van der Waals surface area contributed by atoms with Gasteiger partial charge >= 0.3 is 19.8 Å². The SMILES string of the molecule is CC/C=C/CCCCCCCC(=O)OC[C@H](COP(=O)(O)OCCN)OC(=O)CCCCCCCCCCCCCCC. The van der Waals surface area contributed by atoms with E-state index in [1.54, 1.807) is 0 Å². The molecule has 0 fully saturated rings. The average Bonchev–Trinajstić information content (AvgIpc) is 2.99. The molecule has 0 spiro atoms. The van der Waals surface area contributed by atoms with Crippen LogP contribution in [0.3, 0.4) is 0 Å².